The average molecular weight is 236 g/mol. The summed E-state index contributed by atoms with van der Waals surface area (Å²) in [5.74, 6) is 3.14. The number of hydrogen-bond acceptors (Lipinski definition) is 2. The molecular weight excluding hydrogens is 212 g/mol. The van der Waals surface area contributed by atoms with Gasteiger partial charge in [-0.05, 0) is 56.3 Å². The van der Waals surface area contributed by atoms with Crippen LogP contribution in [-0.4, -0.2) is 18.0 Å². The maximum atomic E-state index is 11.3. The Morgan fingerprint density at radius 1 is 1.12 bits per heavy atom. The van der Waals surface area contributed by atoms with Gasteiger partial charge in [-0.1, -0.05) is 6.92 Å². The van der Waals surface area contributed by atoms with Crippen LogP contribution in [0.2, 0.25) is 0 Å². The standard InChI is InChI=1S/C15H24O2/c1-2-14(16)3-4-17-15-8-11-5-12(9-15)7-13(6-11)10-15/h11-13H,2-10H2,1H3. The molecule has 0 unspecified atom stereocenters. The minimum atomic E-state index is 0.183. The van der Waals surface area contributed by atoms with Crippen LogP contribution in [0.25, 0.3) is 0 Å². The Bertz CT molecular complexity index is 273. The molecule has 0 aliphatic heterocycles. The molecule has 0 spiro atoms. The van der Waals surface area contributed by atoms with Crippen LogP contribution in [0.4, 0.5) is 0 Å². The highest BCUT2D eigenvalue weighted by molar-refractivity contribution is 5.78. The Hall–Kier alpha value is -0.370. The van der Waals surface area contributed by atoms with Crippen LogP contribution in [0.1, 0.15) is 58.3 Å². The summed E-state index contributed by atoms with van der Waals surface area (Å²) in [5, 5.41) is 0. The van der Waals surface area contributed by atoms with Crippen molar-refractivity contribution in [3.8, 4) is 0 Å². The molecular formula is C15H24O2. The zero-order chi connectivity index (χ0) is 11.9. The number of Topliss-reactive ketones (excluding diaryl/α,β-unsaturated/α-hetero) is 1. The Kier molecular flexibility index (Phi) is 3.02. The second kappa shape index (κ2) is 4.38. The third-order valence-corrected chi connectivity index (χ3v) is 5.17. The van der Waals surface area contributed by atoms with E-state index >= 15 is 0 Å². The van der Waals surface area contributed by atoms with Gasteiger partial charge in [-0.3, -0.25) is 4.79 Å². The molecule has 0 aromatic heterocycles. The number of rotatable bonds is 5. The fourth-order valence-electron chi connectivity index (χ4n) is 4.77. The number of hydrogen-bond donors (Lipinski definition) is 0. The molecule has 4 rings (SSSR count). The molecule has 0 atom stereocenters. The van der Waals surface area contributed by atoms with Crippen LogP contribution < -0.4 is 0 Å². The second-order valence-corrected chi connectivity index (χ2v) is 6.59. The largest absolute Gasteiger partial charge is 0.375 e. The lowest BCUT2D eigenvalue weighted by Gasteiger charge is -2.56. The van der Waals surface area contributed by atoms with E-state index in [9.17, 15) is 4.79 Å². The van der Waals surface area contributed by atoms with Gasteiger partial charge in [-0.2, -0.15) is 0 Å². The highest BCUT2D eigenvalue weighted by atomic mass is 16.5. The normalized spacial score (nSPS) is 43.0. The Balaban J connectivity index is 1.57. The first kappa shape index (κ1) is 11.7. The maximum absolute atomic E-state index is 11.3. The Labute approximate surface area is 104 Å². The van der Waals surface area contributed by atoms with Crippen molar-refractivity contribution in [1.29, 1.82) is 0 Å². The maximum Gasteiger partial charge on any atom is 0.134 e. The zero-order valence-corrected chi connectivity index (χ0v) is 10.9. The van der Waals surface area contributed by atoms with Crippen molar-refractivity contribution < 1.29 is 9.53 Å². The minimum Gasteiger partial charge on any atom is -0.375 e. The zero-order valence-electron chi connectivity index (χ0n) is 10.9. The molecule has 0 saturated heterocycles. The molecule has 2 heteroatoms. The third-order valence-electron chi connectivity index (χ3n) is 5.17. The van der Waals surface area contributed by atoms with Crippen LogP contribution in [0.5, 0.6) is 0 Å². The lowest BCUT2D eigenvalue weighted by Crippen LogP contribution is -2.52. The molecule has 0 aromatic rings. The van der Waals surface area contributed by atoms with Crippen LogP contribution in [-0.2, 0) is 9.53 Å². The molecule has 4 fully saturated rings. The van der Waals surface area contributed by atoms with E-state index in [2.05, 4.69) is 0 Å². The Morgan fingerprint density at radius 2 is 1.65 bits per heavy atom. The smallest absolute Gasteiger partial charge is 0.134 e. The van der Waals surface area contributed by atoms with E-state index in [1.165, 1.54) is 38.5 Å². The molecule has 0 radical (unpaired) electrons. The van der Waals surface area contributed by atoms with Gasteiger partial charge in [0.2, 0.25) is 0 Å². The molecule has 0 aromatic carbocycles. The van der Waals surface area contributed by atoms with E-state index in [-0.39, 0.29) is 5.60 Å². The number of ether oxygens (including phenoxy) is 1. The molecule has 96 valence electrons. The van der Waals surface area contributed by atoms with Gasteiger partial charge < -0.3 is 4.74 Å². The Morgan fingerprint density at radius 3 is 2.12 bits per heavy atom. The summed E-state index contributed by atoms with van der Waals surface area (Å²) >= 11 is 0. The van der Waals surface area contributed by atoms with Crippen molar-refractivity contribution in [3.05, 3.63) is 0 Å². The van der Waals surface area contributed by atoms with Gasteiger partial charge in [-0.25, -0.2) is 0 Å². The SMILES string of the molecule is CCC(=O)CCOC12CC3CC(CC(C3)C1)C2. The van der Waals surface area contributed by atoms with Crippen molar-refractivity contribution in [3.63, 3.8) is 0 Å². The highest BCUT2D eigenvalue weighted by Crippen LogP contribution is 2.57. The second-order valence-electron chi connectivity index (χ2n) is 6.59. The van der Waals surface area contributed by atoms with Gasteiger partial charge in [0.25, 0.3) is 0 Å². The molecule has 4 aliphatic carbocycles. The fraction of sp³-hybridized carbons (Fsp3) is 0.933. The van der Waals surface area contributed by atoms with Crippen molar-refractivity contribution in [2.45, 2.75) is 63.9 Å². The van der Waals surface area contributed by atoms with Gasteiger partial charge >= 0.3 is 0 Å². The molecule has 2 nitrogen and oxygen atoms in total. The lowest BCUT2D eigenvalue weighted by molar-refractivity contribution is -0.164. The van der Waals surface area contributed by atoms with E-state index in [1.807, 2.05) is 6.92 Å². The van der Waals surface area contributed by atoms with Gasteiger partial charge in [0.05, 0.1) is 12.2 Å². The molecule has 4 saturated carbocycles. The van der Waals surface area contributed by atoms with E-state index < -0.39 is 0 Å². The van der Waals surface area contributed by atoms with E-state index in [4.69, 9.17) is 4.74 Å². The first-order valence-corrected chi connectivity index (χ1v) is 7.35. The predicted octanol–water partition coefficient (Wildman–Crippen LogP) is 3.34. The van der Waals surface area contributed by atoms with E-state index in [1.54, 1.807) is 0 Å². The first-order chi connectivity index (χ1) is 8.19. The average Bonchev–Trinajstić information content (AvgIpc) is 2.26. The third kappa shape index (κ3) is 2.29. The van der Waals surface area contributed by atoms with Crippen molar-refractivity contribution in [2.24, 2.45) is 17.8 Å². The van der Waals surface area contributed by atoms with E-state index in [0.29, 0.717) is 25.2 Å². The summed E-state index contributed by atoms with van der Waals surface area (Å²) in [6.07, 6.45) is 9.48. The summed E-state index contributed by atoms with van der Waals surface area (Å²) in [5.41, 5.74) is 0.183. The van der Waals surface area contributed by atoms with Crippen LogP contribution in [0.15, 0.2) is 0 Å². The monoisotopic (exact) mass is 236 g/mol. The summed E-state index contributed by atoms with van der Waals surface area (Å²) in [6.45, 7) is 2.60. The number of carbonyl (C=O) groups is 1. The molecule has 4 aliphatic rings. The first-order valence-electron chi connectivity index (χ1n) is 7.35. The summed E-state index contributed by atoms with van der Waals surface area (Å²) in [4.78, 5) is 11.3. The van der Waals surface area contributed by atoms with Gasteiger partial charge in [0, 0.05) is 12.8 Å². The topological polar surface area (TPSA) is 26.3 Å². The van der Waals surface area contributed by atoms with Crippen molar-refractivity contribution >= 4 is 5.78 Å². The van der Waals surface area contributed by atoms with Crippen molar-refractivity contribution in [2.75, 3.05) is 6.61 Å². The summed E-state index contributed by atoms with van der Waals surface area (Å²) in [6, 6.07) is 0. The molecule has 17 heavy (non-hydrogen) atoms. The van der Waals surface area contributed by atoms with Gasteiger partial charge in [0.1, 0.15) is 5.78 Å². The van der Waals surface area contributed by atoms with Crippen LogP contribution >= 0.6 is 0 Å². The van der Waals surface area contributed by atoms with E-state index in [0.717, 1.165) is 17.8 Å². The van der Waals surface area contributed by atoms with Crippen LogP contribution in [0.3, 0.4) is 0 Å². The quantitative estimate of drug-likeness (QED) is 0.732. The molecule has 4 bridgehead atoms. The molecule has 0 heterocycles. The summed E-state index contributed by atoms with van der Waals surface area (Å²) in [7, 11) is 0. The van der Waals surface area contributed by atoms with Gasteiger partial charge in [0.15, 0.2) is 0 Å². The van der Waals surface area contributed by atoms with Gasteiger partial charge in [-0.15, -0.1) is 0 Å². The summed E-state index contributed by atoms with van der Waals surface area (Å²) < 4.78 is 6.19. The predicted molar refractivity (Wildman–Crippen MR) is 66.8 cm³/mol. The molecule has 0 N–H and O–H groups in total. The van der Waals surface area contributed by atoms with Crippen molar-refractivity contribution in [1.82, 2.24) is 0 Å². The van der Waals surface area contributed by atoms with Crippen LogP contribution in [0, 0.1) is 17.8 Å². The minimum absolute atomic E-state index is 0.183. The fourth-order valence-corrected chi connectivity index (χ4v) is 4.77. The number of carbonyl (C=O) groups excluding carboxylic acids is 1. The number of ketones is 1. The highest BCUT2D eigenvalue weighted by Gasteiger charge is 2.51. The lowest BCUT2D eigenvalue weighted by atomic mass is 9.54. The molecule has 0 amide bonds.